The summed E-state index contributed by atoms with van der Waals surface area (Å²) in [7, 11) is 1.28. The molecule has 2 N–H and O–H groups in total. The van der Waals surface area contributed by atoms with E-state index in [9.17, 15) is 9.59 Å². The van der Waals surface area contributed by atoms with E-state index in [-0.39, 0.29) is 10.0 Å². The number of nitrogens with zero attached hydrogens (tertiary/aromatic N) is 2. The third-order valence-electron chi connectivity index (χ3n) is 3.77. The fraction of sp³-hybridized carbons (Fsp3) is 0.267. The topological polar surface area (TPSA) is 85.5 Å². The molecule has 1 aliphatic heterocycles. The van der Waals surface area contributed by atoms with Crippen molar-refractivity contribution in [1.82, 2.24) is 4.98 Å². The number of fused-ring (bicyclic) bond motifs is 1. The molecule has 23 heavy (non-hydrogen) atoms. The Kier molecular flexibility index (Phi) is 4.23. The highest BCUT2D eigenvalue weighted by atomic mass is 35.5. The number of hydrogen-bond donors (Lipinski definition) is 1. The third-order valence-corrected chi connectivity index (χ3v) is 5.23. The highest BCUT2D eigenvalue weighted by molar-refractivity contribution is 7.18. The Morgan fingerprint density at radius 3 is 2.74 bits per heavy atom. The molecule has 3 rings (SSSR count). The molecule has 6 nitrogen and oxygen atoms in total. The average molecular weight is 352 g/mol. The number of aromatic nitrogens is 1. The number of primary amides is 1. The Bertz CT molecular complexity index is 777. The van der Waals surface area contributed by atoms with E-state index in [2.05, 4.69) is 9.72 Å². The number of thiazole rings is 1. The average Bonchev–Trinajstić information content (AvgIpc) is 2.94. The second-order valence-electron chi connectivity index (χ2n) is 5.13. The molecule has 120 valence electrons. The van der Waals surface area contributed by atoms with Crippen LogP contribution in [-0.2, 0) is 22.5 Å². The quantitative estimate of drug-likeness (QED) is 0.855. The van der Waals surface area contributed by atoms with Gasteiger partial charge in [-0.3, -0.25) is 4.79 Å². The summed E-state index contributed by atoms with van der Waals surface area (Å²) < 4.78 is 4.69. The monoisotopic (exact) mass is 351 g/mol. The van der Waals surface area contributed by atoms with Crippen molar-refractivity contribution < 1.29 is 14.3 Å². The van der Waals surface area contributed by atoms with Crippen molar-refractivity contribution in [3.63, 3.8) is 0 Å². The van der Waals surface area contributed by atoms with Gasteiger partial charge in [0.15, 0.2) is 15.2 Å². The summed E-state index contributed by atoms with van der Waals surface area (Å²) in [6.07, 6.45) is 0.496. The molecule has 0 saturated carbocycles. The first-order valence-corrected chi connectivity index (χ1v) is 8.08. The van der Waals surface area contributed by atoms with Crippen LogP contribution in [0.1, 0.15) is 20.8 Å². The Morgan fingerprint density at radius 2 is 2.09 bits per heavy atom. The number of benzene rings is 1. The number of rotatable bonds is 3. The van der Waals surface area contributed by atoms with Crippen LogP contribution >= 0.6 is 22.9 Å². The molecule has 1 atom stereocenters. The van der Waals surface area contributed by atoms with Crippen LogP contribution in [-0.4, -0.2) is 30.0 Å². The van der Waals surface area contributed by atoms with E-state index in [1.54, 1.807) is 4.90 Å². The first kappa shape index (κ1) is 15.8. The molecule has 1 aromatic carbocycles. The van der Waals surface area contributed by atoms with Gasteiger partial charge in [-0.25, -0.2) is 9.78 Å². The second-order valence-corrected chi connectivity index (χ2v) is 6.46. The first-order chi connectivity index (χ1) is 11.0. The van der Waals surface area contributed by atoms with Gasteiger partial charge in [-0.1, -0.05) is 47.2 Å². The van der Waals surface area contributed by atoms with Gasteiger partial charge in [0.25, 0.3) is 0 Å². The SMILES string of the molecule is COC(=O)c1sc(N2Cc3ccccc3C[C@@H]2C(N)=O)nc1Cl. The summed E-state index contributed by atoms with van der Waals surface area (Å²) in [5, 5.41) is 0.549. The fourth-order valence-electron chi connectivity index (χ4n) is 2.61. The maximum absolute atomic E-state index is 11.9. The lowest BCUT2D eigenvalue weighted by molar-refractivity contribution is -0.119. The van der Waals surface area contributed by atoms with Gasteiger partial charge >= 0.3 is 5.97 Å². The summed E-state index contributed by atoms with van der Waals surface area (Å²) in [6.45, 7) is 0.480. The van der Waals surface area contributed by atoms with Crippen molar-refractivity contribution in [2.24, 2.45) is 5.73 Å². The number of methoxy groups -OCH3 is 1. The highest BCUT2D eigenvalue weighted by Crippen LogP contribution is 2.35. The smallest absolute Gasteiger partial charge is 0.351 e. The summed E-state index contributed by atoms with van der Waals surface area (Å²) in [5.74, 6) is -0.989. The van der Waals surface area contributed by atoms with Gasteiger partial charge in [0, 0.05) is 13.0 Å². The van der Waals surface area contributed by atoms with Crippen LogP contribution in [0.25, 0.3) is 0 Å². The van der Waals surface area contributed by atoms with Crippen molar-refractivity contribution in [1.29, 1.82) is 0 Å². The molecule has 0 radical (unpaired) electrons. The van der Waals surface area contributed by atoms with Gasteiger partial charge < -0.3 is 15.4 Å². The zero-order chi connectivity index (χ0) is 16.6. The minimum Gasteiger partial charge on any atom is -0.465 e. The highest BCUT2D eigenvalue weighted by Gasteiger charge is 2.33. The molecule has 2 heterocycles. The van der Waals surface area contributed by atoms with Crippen molar-refractivity contribution in [3.05, 3.63) is 45.4 Å². The molecule has 1 aromatic heterocycles. The molecule has 2 aromatic rings. The van der Waals surface area contributed by atoms with E-state index in [1.807, 2.05) is 24.3 Å². The van der Waals surface area contributed by atoms with Gasteiger partial charge in [0.1, 0.15) is 6.04 Å². The minimum atomic E-state index is -0.549. The van der Waals surface area contributed by atoms with Gasteiger partial charge in [-0.05, 0) is 11.1 Å². The Hall–Kier alpha value is -2.12. The van der Waals surface area contributed by atoms with Crippen LogP contribution in [0.5, 0.6) is 0 Å². The molecule has 8 heteroatoms. The van der Waals surface area contributed by atoms with Gasteiger partial charge in [-0.2, -0.15) is 0 Å². The maximum atomic E-state index is 11.9. The number of halogens is 1. The zero-order valence-corrected chi connectivity index (χ0v) is 13.9. The van der Waals surface area contributed by atoms with Crippen molar-refractivity contribution >= 4 is 39.9 Å². The molecule has 0 fully saturated rings. The number of carbonyl (C=O) groups excluding carboxylic acids is 2. The molecule has 0 spiro atoms. The number of esters is 1. The predicted octanol–water partition coefficient (Wildman–Crippen LogP) is 2.00. The van der Waals surface area contributed by atoms with Crippen LogP contribution in [0.3, 0.4) is 0 Å². The Labute approximate surface area is 141 Å². The van der Waals surface area contributed by atoms with Crippen molar-refractivity contribution in [3.8, 4) is 0 Å². The number of carbonyl (C=O) groups is 2. The van der Waals surface area contributed by atoms with Crippen LogP contribution < -0.4 is 10.6 Å². The minimum absolute atomic E-state index is 0.0685. The number of anilines is 1. The lowest BCUT2D eigenvalue weighted by Gasteiger charge is -2.34. The van der Waals surface area contributed by atoms with Crippen molar-refractivity contribution in [2.45, 2.75) is 19.0 Å². The van der Waals surface area contributed by atoms with Gasteiger partial charge in [0.05, 0.1) is 7.11 Å². The second kappa shape index (κ2) is 6.17. The molecule has 0 saturated heterocycles. The molecule has 0 unspecified atom stereocenters. The lowest BCUT2D eigenvalue weighted by atomic mass is 9.94. The number of ether oxygens (including phenoxy) is 1. The molecule has 0 aliphatic carbocycles. The Morgan fingerprint density at radius 1 is 1.39 bits per heavy atom. The van der Waals surface area contributed by atoms with Gasteiger partial charge in [0.2, 0.25) is 5.91 Å². The zero-order valence-electron chi connectivity index (χ0n) is 12.3. The predicted molar refractivity (Wildman–Crippen MR) is 87.8 cm³/mol. The number of hydrogen-bond acceptors (Lipinski definition) is 6. The third kappa shape index (κ3) is 2.89. The molecular formula is C15H14ClN3O3S. The fourth-order valence-corrected chi connectivity index (χ4v) is 3.86. The molecule has 1 amide bonds. The van der Waals surface area contributed by atoms with Gasteiger partial charge in [-0.15, -0.1) is 0 Å². The van der Waals surface area contributed by atoms with Crippen LogP contribution in [0, 0.1) is 0 Å². The van der Waals surface area contributed by atoms with E-state index in [0.29, 0.717) is 18.1 Å². The normalized spacial score (nSPS) is 16.8. The maximum Gasteiger partial charge on any atom is 0.351 e. The van der Waals surface area contributed by atoms with E-state index >= 15 is 0 Å². The Balaban J connectivity index is 2.00. The van der Waals surface area contributed by atoms with E-state index < -0.39 is 17.9 Å². The molecule has 0 bridgehead atoms. The summed E-state index contributed by atoms with van der Waals surface area (Å²) in [4.78, 5) is 29.8. The van der Waals surface area contributed by atoms with Crippen molar-refractivity contribution in [2.75, 3.05) is 12.0 Å². The van der Waals surface area contributed by atoms with Crippen LogP contribution in [0.2, 0.25) is 5.15 Å². The van der Waals surface area contributed by atoms with E-state index in [1.165, 1.54) is 7.11 Å². The summed E-state index contributed by atoms with van der Waals surface area (Å²) >= 11 is 7.12. The van der Waals surface area contributed by atoms with Crippen LogP contribution in [0.4, 0.5) is 5.13 Å². The largest absolute Gasteiger partial charge is 0.465 e. The molecular weight excluding hydrogens is 338 g/mol. The summed E-state index contributed by atoms with van der Waals surface area (Å²) in [6, 6.07) is 7.32. The number of amides is 1. The summed E-state index contributed by atoms with van der Waals surface area (Å²) in [5.41, 5.74) is 7.73. The first-order valence-electron chi connectivity index (χ1n) is 6.88. The molecule has 1 aliphatic rings. The number of nitrogens with two attached hydrogens (primary N) is 1. The van der Waals surface area contributed by atoms with Crippen LogP contribution in [0.15, 0.2) is 24.3 Å². The van der Waals surface area contributed by atoms with E-state index in [4.69, 9.17) is 17.3 Å². The van der Waals surface area contributed by atoms with E-state index in [0.717, 1.165) is 22.5 Å². The lowest BCUT2D eigenvalue weighted by Crippen LogP contribution is -2.48. The standard InChI is InChI=1S/C15H14ClN3O3S/c1-22-14(21)11-12(16)18-15(23-11)19-7-9-5-3-2-4-8(9)6-10(19)13(17)20/h2-5,10H,6-7H2,1H3,(H2,17,20)/t10-/m1/s1.